The quantitative estimate of drug-likeness (QED) is 0.513. The lowest BCUT2D eigenvalue weighted by Gasteiger charge is -2.08. The Morgan fingerprint density at radius 1 is 1.50 bits per heavy atom. The maximum atomic E-state index is 8.55. The molecule has 1 aliphatic heterocycles. The zero-order chi connectivity index (χ0) is 5.98. The fraction of sp³-hybridized carbons (Fsp3) is 1.00. The van der Waals surface area contributed by atoms with Crippen molar-refractivity contribution in [3.63, 3.8) is 0 Å². The standard InChI is InChI=1S/C4H9O3P/c5-8(6)4-2-1-3-7-4/h4-6H,1-3H2. The maximum Gasteiger partial charge on any atom is 0.196 e. The molecule has 1 saturated heterocycles. The molecule has 1 heterocycles. The van der Waals surface area contributed by atoms with E-state index in [4.69, 9.17) is 14.5 Å². The molecular weight excluding hydrogens is 127 g/mol. The lowest BCUT2D eigenvalue weighted by Crippen LogP contribution is -2.00. The summed E-state index contributed by atoms with van der Waals surface area (Å²) in [6.07, 6.45) is 1.77. The Kier molecular flexibility index (Phi) is 2.20. The van der Waals surface area contributed by atoms with E-state index in [1.54, 1.807) is 0 Å². The third-order valence-electron chi connectivity index (χ3n) is 1.16. The van der Waals surface area contributed by atoms with Crippen molar-refractivity contribution < 1.29 is 14.5 Å². The molecule has 1 unspecified atom stereocenters. The van der Waals surface area contributed by atoms with Gasteiger partial charge in [0.15, 0.2) is 8.38 Å². The maximum absolute atomic E-state index is 8.55. The fourth-order valence-corrected chi connectivity index (χ4v) is 1.40. The molecule has 0 aromatic heterocycles. The molecule has 0 amide bonds. The van der Waals surface area contributed by atoms with Crippen LogP contribution in [0.1, 0.15) is 12.8 Å². The van der Waals surface area contributed by atoms with Crippen LogP contribution in [0.15, 0.2) is 0 Å². The number of rotatable bonds is 1. The fourth-order valence-electron chi connectivity index (χ4n) is 0.743. The van der Waals surface area contributed by atoms with E-state index in [-0.39, 0.29) is 5.85 Å². The van der Waals surface area contributed by atoms with Gasteiger partial charge in [0.05, 0.1) is 0 Å². The SMILES string of the molecule is OP(O)C1CCCO1. The molecule has 0 aromatic rings. The highest BCUT2D eigenvalue weighted by Crippen LogP contribution is 2.37. The molecule has 4 heteroatoms. The van der Waals surface area contributed by atoms with E-state index in [1.807, 2.05) is 0 Å². The molecule has 48 valence electrons. The molecule has 0 saturated carbocycles. The number of hydrogen-bond acceptors (Lipinski definition) is 3. The van der Waals surface area contributed by atoms with E-state index < -0.39 is 8.38 Å². The van der Waals surface area contributed by atoms with Crippen molar-refractivity contribution in [1.29, 1.82) is 0 Å². The summed E-state index contributed by atoms with van der Waals surface area (Å²) in [7, 11) is -1.82. The van der Waals surface area contributed by atoms with Crippen LogP contribution in [0.25, 0.3) is 0 Å². The lowest BCUT2D eigenvalue weighted by atomic mass is 10.4. The second-order valence-corrected chi connectivity index (χ2v) is 3.00. The molecule has 2 N–H and O–H groups in total. The summed E-state index contributed by atoms with van der Waals surface area (Å²) in [4.78, 5) is 17.1. The Hall–Kier alpha value is 0.310. The van der Waals surface area contributed by atoms with E-state index in [0.29, 0.717) is 6.61 Å². The van der Waals surface area contributed by atoms with Crippen molar-refractivity contribution in [2.75, 3.05) is 6.61 Å². The average molecular weight is 136 g/mol. The molecule has 1 fully saturated rings. The zero-order valence-electron chi connectivity index (χ0n) is 4.45. The van der Waals surface area contributed by atoms with Gasteiger partial charge in [0.2, 0.25) is 0 Å². The summed E-state index contributed by atoms with van der Waals surface area (Å²) in [6, 6.07) is 0. The Labute approximate surface area is 49.2 Å². The van der Waals surface area contributed by atoms with E-state index >= 15 is 0 Å². The molecule has 0 aliphatic carbocycles. The van der Waals surface area contributed by atoms with Crippen LogP contribution < -0.4 is 0 Å². The smallest absolute Gasteiger partial charge is 0.196 e. The van der Waals surface area contributed by atoms with Gasteiger partial charge in [-0.05, 0) is 12.8 Å². The Balaban J connectivity index is 2.24. The number of ether oxygens (including phenoxy) is 1. The van der Waals surface area contributed by atoms with E-state index in [9.17, 15) is 0 Å². The predicted molar refractivity (Wildman–Crippen MR) is 30.3 cm³/mol. The van der Waals surface area contributed by atoms with Crippen LogP contribution in [-0.2, 0) is 4.74 Å². The van der Waals surface area contributed by atoms with Crippen LogP contribution in [0.4, 0.5) is 0 Å². The molecule has 0 aromatic carbocycles. The van der Waals surface area contributed by atoms with Crippen molar-refractivity contribution in [2.45, 2.75) is 18.7 Å². The highest BCUT2D eigenvalue weighted by Gasteiger charge is 2.22. The molecule has 1 rings (SSSR count). The summed E-state index contributed by atoms with van der Waals surface area (Å²) in [5.74, 6) is -0.259. The first-order valence-electron chi connectivity index (χ1n) is 2.59. The highest BCUT2D eigenvalue weighted by atomic mass is 31.2. The van der Waals surface area contributed by atoms with Gasteiger partial charge in [-0.3, -0.25) is 0 Å². The van der Waals surface area contributed by atoms with E-state index in [0.717, 1.165) is 12.8 Å². The molecule has 8 heavy (non-hydrogen) atoms. The lowest BCUT2D eigenvalue weighted by molar-refractivity contribution is 0.154. The van der Waals surface area contributed by atoms with Crippen LogP contribution in [-0.4, -0.2) is 22.2 Å². The largest absolute Gasteiger partial charge is 0.369 e. The molecule has 1 atom stereocenters. The molecular formula is C4H9O3P. The van der Waals surface area contributed by atoms with Gasteiger partial charge in [-0.15, -0.1) is 0 Å². The summed E-state index contributed by atoms with van der Waals surface area (Å²) in [5, 5.41) is 0. The summed E-state index contributed by atoms with van der Waals surface area (Å²) in [5.41, 5.74) is 0. The third kappa shape index (κ3) is 1.39. The van der Waals surface area contributed by atoms with Crippen LogP contribution in [0.3, 0.4) is 0 Å². The van der Waals surface area contributed by atoms with Gasteiger partial charge in [0.1, 0.15) is 5.85 Å². The van der Waals surface area contributed by atoms with Crippen LogP contribution >= 0.6 is 8.38 Å². The van der Waals surface area contributed by atoms with Crippen molar-refractivity contribution in [3.8, 4) is 0 Å². The second kappa shape index (κ2) is 2.74. The Morgan fingerprint density at radius 3 is 2.50 bits per heavy atom. The highest BCUT2D eigenvalue weighted by molar-refractivity contribution is 7.45. The van der Waals surface area contributed by atoms with E-state index in [1.165, 1.54) is 0 Å². The number of hydrogen-bond donors (Lipinski definition) is 2. The summed E-state index contributed by atoms with van der Waals surface area (Å²) >= 11 is 0. The normalized spacial score (nSPS) is 29.6. The van der Waals surface area contributed by atoms with Gasteiger partial charge in [0.25, 0.3) is 0 Å². The van der Waals surface area contributed by atoms with Gasteiger partial charge in [-0.1, -0.05) is 0 Å². The summed E-state index contributed by atoms with van der Waals surface area (Å²) < 4.78 is 4.94. The zero-order valence-corrected chi connectivity index (χ0v) is 5.34. The topological polar surface area (TPSA) is 49.7 Å². The minimum atomic E-state index is -1.82. The first-order chi connectivity index (χ1) is 3.80. The van der Waals surface area contributed by atoms with Gasteiger partial charge in [-0.2, -0.15) is 0 Å². The third-order valence-corrected chi connectivity index (χ3v) is 2.09. The second-order valence-electron chi connectivity index (χ2n) is 1.79. The molecule has 3 nitrogen and oxygen atoms in total. The summed E-state index contributed by atoms with van der Waals surface area (Å²) in [6.45, 7) is 0.685. The van der Waals surface area contributed by atoms with Gasteiger partial charge in [-0.25, -0.2) is 0 Å². The van der Waals surface area contributed by atoms with Crippen LogP contribution in [0.2, 0.25) is 0 Å². The van der Waals surface area contributed by atoms with Gasteiger partial charge in [0, 0.05) is 6.61 Å². The van der Waals surface area contributed by atoms with Crippen molar-refractivity contribution in [2.24, 2.45) is 0 Å². The van der Waals surface area contributed by atoms with Crippen LogP contribution in [0.5, 0.6) is 0 Å². The van der Waals surface area contributed by atoms with Crippen molar-refractivity contribution in [3.05, 3.63) is 0 Å². The minimum Gasteiger partial charge on any atom is -0.369 e. The Bertz CT molecular complexity index is 69.7. The predicted octanol–water partition coefficient (Wildman–Crippen LogP) is 0.419. The van der Waals surface area contributed by atoms with Gasteiger partial charge >= 0.3 is 0 Å². The van der Waals surface area contributed by atoms with Crippen molar-refractivity contribution >= 4 is 8.38 Å². The molecule has 0 spiro atoms. The monoisotopic (exact) mass is 136 g/mol. The Morgan fingerprint density at radius 2 is 2.25 bits per heavy atom. The van der Waals surface area contributed by atoms with Crippen LogP contribution in [0, 0.1) is 0 Å². The molecule has 1 aliphatic rings. The van der Waals surface area contributed by atoms with E-state index in [2.05, 4.69) is 0 Å². The average Bonchev–Trinajstić information content (AvgIpc) is 2.12. The molecule has 0 radical (unpaired) electrons. The van der Waals surface area contributed by atoms with Crippen molar-refractivity contribution in [1.82, 2.24) is 0 Å². The first kappa shape index (κ1) is 6.43. The minimum absolute atomic E-state index is 0.259. The van der Waals surface area contributed by atoms with Gasteiger partial charge < -0.3 is 14.5 Å². The first-order valence-corrected chi connectivity index (χ1v) is 3.91. The molecule has 0 bridgehead atoms.